The Labute approximate surface area is 154 Å². The van der Waals surface area contributed by atoms with Gasteiger partial charge in [0.15, 0.2) is 5.96 Å². The van der Waals surface area contributed by atoms with Crippen molar-refractivity contribution in [1.29, 1.82) is 0 Å². The van der Waals surface area contributed by atoms with Crippen LogP contribution in [0.2, 0.25) is 0 Å². The number of hydrogen-bond donors (Lipinski definition) is 1. The summed E-state index contributed by atoms with van der Waals surface area (Å²) in [4.78, 5) is 20.6. The molecule has 0 unspecified atom stereocenters. The number of aromatic nitrogens is 2. The van der Waals surface area contributed by atoms with Gasteiger partial charge in [-0.15, -0.1) is 24.0 Å². The predicted molar refractivity (Wildman–Crippen MR) is 101 cm³/mol. The smallest absolute Gasteiger partial charge is 0.246 e. The second kappa shape index (κ2) is 7.98. The second-order valence-electron chi connectivity index (χ2n) is 6.06. The Morgan fingerprint density at radius 3 is 2.74 bits per heavy atom. The maximum absolute atomic E-state index is 12.4. The topological polar surface area (TPSA) is 65.8 Å². The summed E-state index contributed by atoms with van der Waals surface area (Å²) < 4.78 is 1.72. The van der Waals surface area contributed by atoms with Gasteiger partial charge in [-0.3, -0.25) is 14.5 Å². The number of hydrogen-bond acceptors (Lipinski definition) is 3. The number of rotatable bonds is 3. The number of halogens is 1. The Bertz CT molecular complexity index is 568. The van der Waals surface area contributed by atoms with Crippen LogP contribution in [0.25, 0.3) is 0 Å². The van der Waals surface area contributed by atoms with Crippen LogP contribution in [0.4, 0.5) is 5.69 Å². The van der Waals surface area contributed by atoms with Crippen molar-refractivity contribution in [1.82, 2.24) is 20.0 Å². The van der Waals surface area contributed by atoms with Gasteiger partial charge in [0, 0.05) is 39.9 Å². The summed E-state index contributed by atoms with van der Waals surface area (Å²) in [5.41, 5.74) is 0.865. The van der Waals surface area contributed by atoms with Crippen molar-refractivity contribution in [2.24, 2.45) is 18.0 Å². The van der Waals surface area contributed by atoms with Gasteiger partial charge in [0.05, 0.1) is 11.9 Å². The van der Waals surface area contributed by atoms with E-state index < -0.39 is 0 Å². The highest BCUT2D eigenvalue weighted by atomic mass is 127. The first-order valence-corrected chi connectivity index (χ1v) is 7.92. The molecule has 1 aliphatic heterocycles. The minimum atomic E-state index is 0. The average Bonchev–Trinajstić information content (AvgIpc) is 2.88. The van der Waals surface area contributed by atoms with Crippen molar-refractivity contribution in [3.8, 4) is 0 Å². The molecule has 0 atom stereocenters. The minimum absolute atomic E-state index is 0. The van der Waals surface area contributed by atoms with Gasteiger partial charge in [0.25, 0.3) is 0 Å². The lowest BCUT2D eigenvalue weighted by molar-refractivity contribution is -0.120. The molecule has 1 aromatic rings. The Hall–Kier alpha value is -1.32. The van der Waals surface area contributed by atoms with E-state index in [9.17, 15) is 4.79 Å². The summed E-state index contributed by atoms with van der Waals surface area (Å²) in [7, 11) is 3.64. The molecule has 23 heavy (non-hydrogen) atoms. The molecule has 2 heterocycles. The number of nitrogens with zero attached hydrogens (tertiary/aromatic N) is 5. The number of piperazine rings is 1. The van der Waals surface area contributed by atoms with Gasteiger partial charge in [-0.1, -0.05) is 6.42 Å². The molecule has 1 saturated carbocycles. The van der Waals surface area contributed by atoms with Gasteiger partial charge in [-0.05, 0) is 18.8 Å². The van der Waals surface area contributed by atoms with Crippen LogP contribution in [-0.4, -0.2) is 59.8 Å². The first-order chi connectivity index (χ1) is 10.7. The zero-order chi connectivity index (χ0) is 15.5. The second-order valence-corrected chi connectivity index (χ2v) is 6.06. The fourth-order valence-electron chi connectivity index (χ4n) is 2.94. The van der Waals surface area contributed by atoms with Gasteiger partial charge >= 0.3 is 0 Å². The Balaban J connectivity index is 0.00000192. The standard InChI is InChI=1S/C15H24N6O.HI/c1-16-15(17-8-12-4-3-5-12)20-6-7-21(14(22)11-20)13-9-18-19(2)10-13;/h9-10,12H,3-8,11H2,1-2H3,(H,16,17);1H. The van der Waals surface area contributed by atoms with Crippen LogP contribution >= 0.6 is 24.0 Å². The molecule has 1 amide bonds. The first-order valence-electron chi connectivity index (χ1n) is 7.92. The lowest BCUT2D eigenvalue weighted by atomic mass is 9.85. The number of nitrogens with one attached hydrogen (secondary N) is 1. The van der Waals surface area contributed by atoms with Crippen molar-refractivity contribution in [3.63, 3.8) is 0 Å². The number of carbonyl (C=O) groups is 1. The van der Waals surface area contributed by atoms with E-state index in [0.717, 1.165) is 30.7 Å². The average molecular weight is 432 g/mol. The molecule has 1 N–H and O–H groups in total. The molecule has 1 aromatic heterocycles. The molecule has 2 fully saturated rings. The molecule has 0 radical (unpaired) electrons. The van der Waals surface area contributed by atoms with E-state index in [4.69, 9.17) is 0 Å². The molecule has 0 aromatic carbocycles. The van der Waals surface area contributed by atoms with Crippen LogP contribution in [0.1, 0.15) is 19.3 Å². The summed E-state index contributed by atoms with van der Waals surface area (Å²) in [5, 5.41) is 7.54. The molecule has 1 aliphatic carbocycles. The molecule has 0 spiro atoms. The molecule has 2 aliphatic rings. The molecule has 7 nitrogen and oxygen atoms in total. The summed E-state index contributed by atoms with van der Waals surface area (Å²) in [6, 6.07) is 0. The van der Waals surface area contributed by atoms with Gasteiger partial charge in [-0.25, -0.2) is 0 Å². The number of carbonyl (C=O) groups excluding carboxylic acids is 1. The Morgan fingerprint density at radius 1 is 1.43 bits per heavy atom. The molecule has 1 saturated heterocycles. The lowest BCUT2D eigenvalue weighted by Crippen LogP contribution is -2.55. The van der Waals surface area contributed by atoms with Crippen LogP contribution in [0, 0.1) is 5.92 Å². The monoisotopic (exact) mass is 432 g/mol. The maximum Gasteiger partial charge on any atom is 0.246 e. The first kappa shape index (κ1) is 18.0. The van der Waals surface area contributed by atoms with Gasteiger partial charge < -0.3 is 15.1 Å². The Kier molecular flexibility index (Phi) is 6.25. The zero-order valence-corrected chi connectivity index (χ0v) is 16.1. The van der Waals surface area contributed by atoms with Crippen LogP contribution in [0.5, 0.6) is 0 Å². The molecule has 0 bridgehead atoms. The largest absolute Gasteiger partial charge is 0.356 e. The van der Waals surface area contributed by atoms with E-state index in [1.807, 2.05) is 18.1 Å². The highest BCUT2D eigenvalue weighted by Gasteiger charge is 2.28. The van der Waals surface area contributed by atoms with Crippen LogP contribution in [0.15, 0.2) is 17.4 Å². The third kappa shape index (κ3) is 4.15. The SMILES string of the molecule is CN=C(NCC1CCC1)N1CCN(c2cnn(C)c2)C(=O)C1.I. The van der Waals surface area contributed by atoms with Gasteiger partial charge in [0.1, 0.15) is 6.54 Å². The van der Waals surface area contributed by atoms with E-state index in [2.05, 4.69) is 15.4 Å². The van der Waals surface area contributed by atoms with Crippen molar-refractivity contribution in [2.75, 3.05) is 38.1 Å². The van der Waals surface area contributed by atoms with E-state index in [0.29, 0.717) is 13.1 Å². The highest BCUT2D eigenvalue weighted by molar-refractivity contribution is 14.0. The number of anilines is 1. The number of aryl methyl sites for hydroxylation is 1. The molecule has 128 valence electrons. The lowest BCUT2D eigenvalue weighted by Gasteiger charge is -2.36. The number of amides is 1. The summed E-state index contributed by atoms with van der Waals surface area (Å²) in [5.74, 6) is 1.70. The van der Waals surface area contributed by atoms with Crippen LogP contribution < -0.4 is 10.2 Å². The molecular weight excluding hydrogens is 407 g/mol. The van der Waals surface area contributed by atoms with E-state index >= 15 is 0 Å². The van der Waals surface area contributed by atoms with Crippen molar-refractivity contribution >= 4 is 41.5 Å². The van der Waals surface area contributed by atoms with Gasteiger partial charge in [0.2, 0.25) is 5.91 Å². The highest BCUT2D eigenvalue weighted by Crippen LogP contribution is 2.25. The quantitative estimate of drug-likeness (QED) is 0.441. The molecular formula is C15H25IN6O. The number of guanidine groups is 1. The molecule has 8 heteroatoms. The Morgan fingerprint density at radius 2 is 2.22 bits per heavy atom. The molecule has 3 rings (SSSR count). The third-order valence-corrected chi connectivity index (χ3v) is 4.51. The van der Waals surface area contributed by atoms with Crippen molar-refractivity contribution in [3.05, 3.63) is 12.4 Å². The van der Waals surface area contributed by atoms with E-state index in [1.165, 1.54) is 19.3 Å². The summed E-state index contributed by atoms with van der Waals surface area (Å²) >= 11 is 0. The normalized spacial score (nSPS) is 19.4. The summed E-state index contributed by atoms with van der Waals surface area (Å²) in [6.45, 7) is 2.77. The van der Waals surface area contributed by atoms with Crippen molar-refractivity contribution < 1.29 is 4.79 Å². The van der Waals surface area contributed by atoms with Crippen LogP contribution in [-0.2, 0) is 11.8 Å². The predicted octanol–water partition coefficient (Wildman–Crippen LogP) is 1.06. The fraction of sp³-hybridized carbons (Fsp3) is 0.667. The summed E-state index contributed by atoms with van der Waals surface area (Å²) in [6.07, 6.45) is 7.55. The minimum Gasteiger partial charge on any atom is -0.356 e. The van der Waals surface area contributed by atoms with E-state index in [-0.39, 0.29) is 29.9 Å². The van der Waals surface area contributed by atoms with E-state index in [1.54, 1.807) is 22.8 Å². The van der Waals surface area contributed by atoms with Crippen LogP contribution in [0.3, 0.4) is 0 Å². The van der Waals surface area contributed by atoms with Crippen molar-refractivity contribution in [2.45, 2.75) is 19.3 Å². The fourth-order valence-corrected chi connectivity index (χ4v) is 2.94. The number of aliphatic imine (C=N–C) groups is 1. The third-order valence-electron chi connectivity index (χ3n) is 4.51. The zero-order valence-electron chi connectivity index (χ0n) is 13.7. The maximum atomic E-state index is 12.4. The van der Waals surface area contributed by atoms with Gasteiger partial charge in [-0.2, -0.15) is 5.10 Å².